The molecule has 1 aromatic carbocycles. The average Bonchev–Trinajstić information content (AvgIpc) is 2.61. The molecule has 1 fully saturated rings. The van der Waals surface area contributed by atoms with Crippen molar-refractivity contribution in [2.75, 3.05) is 18.5 Å². The molecule has 1 saturated heterocycles. The van der Waals surface area contributed by atoms with Gasteiger partial charge in [-0.15, -0.1) is 0 Å². The Hall–Kier alpha value is -2.61. The van der Waals surface area contributed by atoms with Gasteiger partial charge in [0.2, 0.25) is 15.9 Å². The molecule has 154 valence electrons. The van der Waals surface area contributed by atoms with Crippen LogP contribution in [0.5, 0.6) is 0 Å². The van der Waals surface area contributed by atoms with E-state index in [0.717, 1.165) is 18.2 Å². The number of rotatable bonds is 5. The number of hydrogen-bond acceptors (Lipinski definition) is 5. The minimum atomic E-state index is -4.19. The molecular formula is C19H19F2N3O4S. The number of nitriles is 1. The molecule has 0 saturated carbocycles. The quantitative estimate of drug-likeness (QED) is 0.754. The number of nitrogens with one attached hydrogen (secondary N) is 2. The van der Waals surface area contributed by atoms with Gasteiger partial charge in [-0.05, 0) is 38.1 Å². The van der Waals surface area contributed by atoms with E-state index in [9.17, 15) is 17.6 Å². The minimum absolute atomic E-state index is 0.101. The lowest BCUT2D eigenvalue weighted by molar-refractivity contribution is -0.120. The number of benzene rings is 1. The summed E-state index contributed by atoms with van der Waals surface area (Å²) in [5.41, 5.74) is -0.674. The van der Waals surface area contributed by atoms with Crippen molar-refractivity contribution in [2.24, 2.45) is 5.92 Å². The molecule has 7 nitrogen and oxygen atoms in total. The molecule has 0 bridgehead atoms. The normalized spacial score (nSPS) is 23.3. The summed E-state index contributed by atoms with van der Waals surface area (Å²) < 4.78 is 61.3. The van der Waals surface area contributed by atoms with Gasteiger partial charge in [0.05, 0.1) is 35.1 Å². The molecule has 2 aliphatic rings. The highest BCUT2D eigenvalue weighted by Gasteiger charge is 2.44. The minimum Gasteiger partial charge on any atom is -0.377 e. The molecule has 1 aromatic rings. The second-order valence-corrected chi connectivity index (χ2v) is 9.00. The first-order valence-electron chi connectivity index (χ1n) is 8.71. The number of carbonyl (C=O) groups excluding carboxylic acids is 1. The zero-order valence-electron chi connectivity index (χ0n) is 15.7. The van der Waals surface area contributed by atoms with E-state index in [0.29, 0.717) is 5.57 Å². The Morgan fingerprint density at radius 3 is 2.62 bits per heavy atom. The Morgan fingerprint density at radius 2 is 2.03 bits per heavy atom. The van der Waals surface area contributed by atoms with Crippen molar-refractivity contribution in [2.45, 2.75) is 25.6 Å². The van der Waals surface area contributed by atoms with Crippen LogP contribution in [0.25, 0.3) is 0 Å². The Bertz CT molecular complexity index is 1060. The van der Waals surface area contributed by atoms with Gasteiger partial charge in [0.25, 0.3) is 0 Å². The number of ether oxygens (including phenoxy) is 1. The van der Waals surface area contributed by atoms with E-state index in [2.05, 4.69) is 10.0 Å². The molecule has 1 aliphatic heterocycles. The molecule has 1 amide bonds. The van der Waals surface area contributed by atoms with Crippen molar-refractivity contribution in [3.63, 3.8) is 0 Å². The van der Waals surface area contributed by atoms with Crippen LogP contribution in [0.4, 0.5) is 14.5 Å². The van der Waals surface area contributed by atoms with Crippen molar-refractivity contribution >= 4 is 21.6 Å². The third-order valence-electron chi connectivity index (χ3n) is 4.73. The van der Waals surface area contributed by atoms with Crippen LogP contribution >= 0.6 is 0 Å². The predicted octanol–water partition coefficient (Wildman–Crippen LogP) is 2.14. The number of sulfonamides is 1. The molecule has 2 atom stereocenters. The number of carbonyl (C=O) groups is 1. The van der Waals surface area contributed by atoms with Crippen molar-refractivity contribution in [3.05, 3.63) is 52.2 Å². The van der Waals surface area contributed by atoms with E-state index in [1.54, 1.807) is 13.0 Å². The maximum absolute atomic E-state index is 15.2. The summed E-state index contributed by atoms with van der Waals surface area (Å²) in [5.74, 6) is -2.95. The van der Waals surface area contributed by atoms with Crippen LogP contribution in [-0.2, 0) is 19.6 Å². The highest BCUT2D eigenvalue weighted by atomic mass is 32.2. The summed E-state index contributed by atoms with van der Waals surface area (Å²) in [6.07, 6.45) is 0.401. The SMILES string of the molecule is CC1=CC=C(S(=O)(=O)NC2(C)COC2)C(F)C1C(=O)Nc1ccc(F)c(C#N)c1. The summed E-state index contributed by atoms with van der Waals surface area (Å²) in [4.78, 5) is 12.1. The van der Waals surface area contributed by atoms with Crippen LogP contribution < -0.4 is 10.0 Å². The number of allylic oxidation sites excluding steroid dienone is 3. The highest BCUT2D eigenvalue weighted by Crippen LogP contribution is 2.33. The third-order valence-corrected chi connectivity index (χ3v) is 6.48. The van der Waals surface area contributed by atoms with Gasteiger partial charge in [0.1, 0.15) is 11.9 Å². The number of alkyl halides is 1. The van der Waals surface area contributed by atoms with Crippen LogP contribution in [-0.4, -0.2) is 39.2 Å². The number of amides is 1. The van der Waals surface area contributed by atoms with Gasteiger partial charge in [-0.3, -0.25) is 4.79 Å². The number of nitrogens with zero attached hydrogens (tertiary/aromatic N) is 1. The monoisotopic (exact) mass is 423 g/mol. The number of halogens is 2. The molecule has 1 heterocycles. The first-order chi connectivity index (χ1) is 13.6. The van der Waals surface area contributed by atoms with Crippen LogP contribution in [0.3, 0.4) is 0 Å². The lowest BCUT2D eigenvalue weighted by Crippen LogP contribution is -2.60. The molecule has 0 aromatic heterocycles. The first-order valence-corrected chi connectivity index (χ1v) is 10.2. The summed E-state index contributed by atoms with van der Waals surface area (Å²) in [7, 11) is -4.19. The van der Waals surface area contributed by atoms with Crippen LogP contribution in [0, 0.1) is 23.1 Å². The third kappa shape index (κ3) is 4.22. The smallest absolute Gasteiger partial charge is 0.240 e. The number of anilines is 1. The van der Waals surface area contributed by atoms with Crippen molar-refractivity contribution in [1.29, 1.82) is 5.26 Å². The molecule has 0 radical (unpaired) electrons. The summed E-state index contributed by atoms with van der Waals surface area (Å²) >= 11 is 0. The summed E-state index contributed by atoms with van der Waals surface area (Å²) in [5, 5.41) is 11.3. The molecule has 10 heteroatoms. The van der Waals surface area contributed by atoms with Gasteiger partial charge in [-0.25, -0.2) is 21.9 Å². The Balaban J connectivity index is 1.82. The maximum atomic E-state index is 15.2. The van der Waals surface area contributed by atoms with E-state index in [1.165, 1.54) is 19.1 Å². The Labute approximate surface area is 167 Å². The zero-order chi connectivity index (χ0) is 21.4. The standard InChI is InChI=1S/C19H19F2N3O4S/c1-11-3-6-15(29(26,27)24-19(2)9-28-10-19)17(21)16(11)18(25)23-13-4-5-14(20)12(7-13)8-22/h3-7,16-17,24H,9-10H2,1-2H3,(H,23,25). The molecule has 0 spiro atoms. The summed E-state index contributed by atoms with van der Waals surface area (Å²) in [6, 6.07) is 5.00. The van der Waals surface area contributed by atoms with E-state index in [-0.39, 0.29) is 24.5 Å². The average molecular weight is 423 g/mol. The van der Waals surface area contributed by atoms with E-state index in [1.807, 2.05) is 0 Å². The maximum Gasteiger partial charge on any atom is 0.240 e. The van der Waals surface area contributed by atoms with Crippen LogP contribution in [0.1, 0.15) is 19.4 Å². The van der Waals surface area contributed by atoms with Crippen LogP contribution in [0.2, 0.25) is 0 Å². The van der Waals surface area contributed by atoms with Gasteiger partial charge in [0.15, 0.2) is 6.17 Å². The largest absolute Gasteiger partial charge is 0.377 e. The Morgan fingerprint density at radius 1 is 1.34 bits per heavy atom. The molecule has 2 unspecified atom stereocenters. The van der Waals surface area contributed by atoms with Gasteiger partial charge in [-0.2, -0.15) is 5.26 Å². The predicted molar refractivity (Wildman–Crippen MR) is 101 cm³/mol. The van der Waals surface area contributed by atoms with Crippen LogP contribution in [0.15, 0.2) is 40.8 Å². The molecule has 3 rings (SSSR count). The molecule has 29 heavy (non-hydrogen) atoms. The van der Waals surface area contributed by atoms with Crippen molar-refractivity contribution in [3.8, 4) is 6.07 Å². The summed E-state index contributed by atoms with van der Waals surface area (Å²) in [6.45, 7) is 3.48. The van der Waals surface area contributed by atoms with E-state index in [4.69, 9.17) is 10.00 Å². The fraction of sp³-hybridized carbons (Fsp3) is 0.368. The molecule has 1 aliphatic carbocycles. The first kappa shape index (κ1) is 21.1. The van der Waals surface area contributed by atoms with Gasteiger partial charge < -0.3 is 10.1 Å². The fourth-order valence-corrected chi connectivity index (χ4v) is 4.71. The van der Waals surface area contributed by atoms with E-state index >= 15 is 4.39 Å². The second-order valence-electron chi connectivity index (χ2n) is 7.31. The van der Waals surface area contributed by atoms with Gasteiger partial charge in [-0.1, -0.05) is 11.6 Å². The van der Waals surface area contributed by atoms with E-state index < -0.39 is 44.3 Å². The van der Waals surface area contributed by atoms with Crippen molar-refractivity contribution < 1.29 is 26.7 Å². The lowest BCUT2D eigenvalue weighted by atomic mass is 9.90. The second kappa shape index (κ2) is 7.67. The van der Waals surface area contributed by atoms with Gasteiger partial charge >= 0.3 is 0 Å². The molecule has 2 N–H and O–H groups in total. The lowest BCUT2D eigenvalue weighted by Gasteiger charge is -2.39. The fourth-order valence-electron chi connectivity index (χ4n) is 3.14. The zero-order valence-corrected chi connectivity index (χ0v) is 16.5. The Kier molecular flexibility index (Phi) is 5.58. The number of hydrogen-bond donors (Lipinski definition) is 2. The highest BCUT2D eigenvalue weighted by molar-refractivity contribution is 7.93. The topological polar surface area (TPSA) is 108 Å². The van der Waals surface area contributed by atoms with Crippen molar-refractivity contribution in [1.82, 2.24) is 4.72 Å². The van der Waals surface area contributed by atoms with Gasteiger partial charge in [0, 0.05) is 5.69 Å². The molecular weight excluding hydrogens is 404 g/mol.